The zero-order chi connectivity index (χ0) is 32.7. The lowest BCUT2D eigenvalue weighted by atomic mass is 9.75. The number of anilines is 1. The van der Waals surface area contributed by atoms with Crippen LogP contribution < -0.4 is 10.0 Å². The lowest BCUT2D eigenvalue weighted by molar-refractivity contribution is -0.171. The molecule has 0 aliphatic heterocycles. The molecule has 0 radical (unpaired) electrons. The van der Waals surface area contributed by atoms with Crippen molar-refractivity contribution in [2.24, 2.45) is 0 Å². The number of carbonyl (C=O) groups excluding carboxylic acids is 1. The van der Waals surface area contributed by atoms with E-state index in [4.69, 9.17) is 21.1 Å². The topological polar surface area (TPSA) is 114 Å². The Labute approximate surface area is 265 Å². The standard InChI is InChI=1S/C33H42ClFN2O6S/c1-22-16-17-27(35)30(23(22)2)26(20-34)33(31(39)43-32(4,5)6,24(3)42-21-25-12-8-7-9-13-25)37-44(40,41)29-15-11-10-14-28(29)36-18-19-38/h7-17,24,26,36-38H,18-21H2,1-6H3. The highest BCUT2D eigenvalue weighted by molar-refractivity contribution is 7.89. The summed E-state index contributed by atoms with van der Waals surface area (Å²) < 4.78 is 59.3. The summed E-state index contributed by atoms with van der Waals surface area (Å²) in [6.07, 6.45) is -1.21. The number of benzene rings is 3. The molecule has 0 spiro atoms. The van der Waals surface area contributed by atoms with Crippen LogP contribution in [-0.2, 0) is 30.9 Å². The second kappa shape index (κ2) is 14.8. The molecule has 240 valence electrons. The Hall–Kier alpha value is -3.02. The molecule has 0 aliphatic carbocycles. The number of hydrogen-bond acceptors (Lipinski definition) is 7. The van der Waals surface area contributed by atoms with Gasteiger partial charge in [-0.1, -0.05) is 48.5 Å². The number of aryl methyl sites for hydroxylation is 1. The average Bonchev–Trinajstić information content (AvgIpc) is 2.97. The number of sulfonamides is 1. The maximum absolute atomic E-state index is 15.8. The number of ether oxygens (including phenoxy) is 2. The Morgan fingerprint density at radius 2 is 1.66 bits per heavy atom. The van der Waals surface area contributed by atoms with Gasteiger partial charge in [0.1, 0.15) is 16.3 Å². The molecule has 3 N–H and O–H groups in total. The van der Waals surface area contributed by atoms with E-state index in [0.29, 0.717) is 5.56 Å². The second-order valence-electron chi connectivity index (χ2n) is 11.7. The highest BCUT2D eigenvalue weighted by Crippen LogP contribution is 2.41. The number of aliphatic hydroxyl groups is 1. The van der Waals surface area contributed by atoms with Gasteiger partial charge in [-0.05, 0) is 82.0 Å². The smallest absolute Gasteiger partial charge is 0.331 e. The number of esters is 1. The van der Waals surface area contributed by atoms with Crippen molar-refractivity contribution in [3.05, 3.63) is 94.8 Å². The van der Waals surface area contributed by atoms with Gasteiger partial charge in [-0.15, -0.1) is 11.6 Å². The Kier molecular flexibility index (Phi) is 12.0. The molecule has 3 atom stereocenters. The number of rotatable bonds is 14. The first kappa shape index (κ1) is 35.5. The van der Waals surface area contributed by atoms with Gasteiger partial charge < -0.3 is 19.9 Å². The van der Waals surface area contributed by atoms with Crippen LogP contribution in [0.5, 0.6) is 0 Å². The Bertz CT molecular complexity index is 1530. The normalized spacial score (nSPS) is 14.8. The van der Waals surface area contributed by atoms with E-state index in [1.807, 2.05) is 30.3 Å². The largest absolute Gasteiger partial charge is 0.458 e. The second-order valence-corrected chi connectivity index (χ2v) is 13.6. The van der Waals surface area contributed by atoms with Crippen molar-refractivity contribution < 1.29 is 32.2 Å². The van der Waals surface area contributed by atoms with E-state index in [2.05, 4.69) is 10.0 Å². The fourth-order valence-electron chi connectivity index (χ4n) is 5.05. The predicted octanol–water partition coefficient (Wildman–Crippen LogP) is 5.83. The first-order valence-corrected chi connectivity index (χ1v) is 16.4. The molecule has 3 aromatic rings. The summed E-state index contributed by atoms with van der Waals surface area (Å²) in [5, 5.41) is 12.3. The van der Waals surface area contributed by atoms with Crippen molar-refractivity contribution in [3.63, 3.8) is 0 Å². The Morgan fingerprint density at radius 3 is 2.27 bits per heavy atom. The molecule has 11 heteroatoms. The van der Waals surface area contributed by atoms with Gasteiger partial charge in [0.25, 0.3) is 0 Å². The Balaban J connectivity index is 2.33. The van der Waals surface area contributed by atoms with Crippen LogP contribution >= 0.6 is 11.6 Å². The minimum atomic E-state index is -4.56. The SMILES string of the molecule is Cc1ccc(F)c(C(CCl)C(NS(=O)(=O)c2ccccc2NCCO)(C(=O)OC(C)(C)C)C(C)OCc2ccccc2)c1C. The molecule has 0 bridgehead atoms. The highest BCUT2D eigenvalue weighted by Gasteiger charge is 2.57. The average molecular weight is 649 g/mol. The molecule has 0 heterocycles. The monoisotopic (exact) mass is 648 g/mol. The number of nitrogens with one attached hydrogen (secondary N) is 2. The molecule has 0 saturated carbocycles. The van der Waals surface area contributed by atoms with Gasteiger partial charge >= 0.3 is 5.97 Å². The van der Waals surface area contributed by atoms with Crippen LogP contribution in [0.2, 0.25) is 0 Å². The minimum absolute atomic E-state index is 0.0210. The summed E-state index contributed by atoms with van der Waals surface area (Å²) in [6.45, 7) is 9.87. The van der Waals surface area contributed by atoms with E-state index in [0.717, 1.165) is 11.1 Å². The molecule has 0 aromatic heterocycles. The highest BCUT2D eigenvalue weighted by atomic mass is 35.5. The third-order valence-corrected chi connectivity index (χ3v) is 9.26. The molecule has 3 aromatic carbocycles. The molecule has 8 nitrogen and oxygen atoms in total. The van der Waals surface area contributed by atoms with Crippen LogP contribution in [0.25, 0.3) is 0 Å². The summed E-state index contributed by atoms with van der Waals surface area (Å²) in [5.74, 6) is -3.24. The first-order valence-electron chi connectivity index (χ1n) is 14.4. The number of carbonyl (C=O) groups is 1. The summed E-state index contributed by atoms with van der Waals surface area (Å²) in [7, 11) is -4.56. The van der Waals surface area contributed by atoms with E-state index < -0.39 is 45.0 Å². The molecule has 3 unspecified atom stereocenters. The molecule has 44 heavy (non-hydrogen) atoms. The zero-order valence-electron chi connectivity index (χ0n) is 26.0. The summed E-state index contributed by atoms with van der Waals surface area (Å²) in [6, 6.07) is 18.1. The molecular weight excluding hydrogens is 607 g/mol. The van der Waals surface area contributed by atoms with Crippen LogP contribution in [0.15, 0.2) is 71.6 Å². The van der Waals surface area contributed by atoms with Gasteiger partial charge in [-0.3, -0.25) is 0 Å². The van der Waals surface area contributed by atoms with E-state index in [1.165, 1.54) is 24.3 Å². The minimum Gasteiger partial charge on any atom is -0.458 e. The summed E-state index contributed by atoms with van der Waals surface area (Å²) >= 11 is 6.63. The zero-order valence-corrected chi connectivity index (χ0v) is 27.6. The van der Waals surface area contributed by atoms with Gasteiger partial charge in [-0.25, -0.2) is 17.6 Å². The molecule has 3 rings (SSSR count). The van der Waals surface area contributed by atoms with Crippen LogP contribution in [0, 0.1) is 19.7 Å². The quantitative estimate of drug-likeness (QED) is 0.149. The molecule has 0 amide bonds. The third-order valence-electron chi connectivity index (χ3n) is 7.41. The van der Waals surface area contributed by atoms with E-state index in [1.54, 1.807) is 53.7 Å². The van der Waals surface area contributed by atoms with E-state index in [9.17, 15) is 18.3 Å². The van der Waals surface area contributed by atoms with E-state index in [-0.39, 0.29) is 41.8 Å². The first-order chi connectivity index (χ1) is 20.7. The van der Waals surface area contributed by atoms with Gasteiger partial charge in [-0.2, -0.15) is 4.72 Å². The van der Waals surface area contributed by atoms with Crippen LogP contribution in [-0.4, -0.2) is 55.8 Å². The molecule has 0 fully saturated rings. The third kappa shape index (κ3) is 8.17. The number of alkyl halides is 1. The maximum Gasteiger partial charge on any atom is 0.331 e. The van der Waals surface area contributed by atoms with E-state index >= 15 is 4.39 Å². The van der Waals surface area contributed by atoms with Crippen molar-refractivity contribution in [3.8, 4) is 0 Å². The van der Waals surface area contributed by atoms with Gasteiger partial charge in [0.2, 0.25) is 10.0 Å². The molecule has 0 aliphatic rings. The predicted molar refractivity (Wildman–Crippen MR) is 171 cm³/mol. The summed E-state index contributed by atoms with van der Waals surface area (Å²) in [4.78, 5) is 14.3. The number of halogens is 2. The lowest BCUT2D eigenvalue weighted by Gasteiger charge is -2.44. The van der Waals surface area contributed by atoms with Crippen molar-refractivity contribution in [2.45, 2.75) is 76.2 Å². The van der Waals surface area contributed by atoms with Crippen LogP contribution in [0.3, 0.4) is 0 Å². The number of hydrogen-bond donors (Lipinski definition) is 3. The Morgan fingerprint density at radius 1 is 1.02 bits per heavy atom. The summed E-state index contributed by atoms with van der Waals surface area (Å²) in [5.41, 5.74) is -0.992. The van der Waals surface area contributed by atoms with Crippen molar-refractivity contribution in [2.75, 3.05) is 24.3 Å². The van der Waals surface area contributed by atoms with Crippen LogP contribution in [0.4, 0.5) is 10.1 Å². The maximum atomic E-state index is 15.8. The molecular formula is C33H42ClFN2O6S. The molecule has 0 saturated heterocycles. The fourth-order valence-corrected chi connectivity index (χ4v) is 7.08. The van der Waals surface area contributed by atoms with Gasteiger partial charge in [0, 0.05) is 18.3 Å². The van der Waals surface area contributed by atoms with Crippen molar-refractivity contribution >= 4 is 33.3 Å². The van der Waals surface area contributed by atoms with Gasteiger partial charge in [0.05, 0.1) is 25.0 Å². The number of para-hydroxylation sites is 1. The number of aliphatic hydroxyl groups excluding tert-OH is 1. The van der Waals surface area contributed by atoms with Crippen LogP contribution in [0.1, 0.15) is 55.9 Å². The van der Waals surface area contributed by atoms with Gasteiger partial charge in [0.15, 0.2) is 5.54 Å². The van der Waals surface area contributed by atoms with Crippen molar-refractivity contribution in [1.29, 1.82) is 0 Å². The van der Waals surface area contributed by atoms with Crippen molar-refractivity contribution in [1.82, 2.24) is 4.72 Å². The fraction of sp³-hybridized carbons (Fsp3) is 0.424. The lowest BCUT2D eigenvalue weighted by Crippen LogP contribution is -2.67.